The zero-order valence-electron chi connectivity index (χ0n) is 19.0. The van der Waals surface area contributed by atoms with Crippen LogP contribution in [-0.2, 0) is 22.6 Å². The van der Waals surface area contributed by atoms with Crippen LogP contribution in [0, 0.1) is 0 Å². The maximum atomic E-state index is 12.9. The number of hydrogen-bond acceptors (Lipinski definition) is 6. The highest BCUT2D eigenvalue weighted by Gasteiger charge is 2.37. The van der Waals surface area contributed by atoms with E-state index in [2.05, 4.69) is 12.6 Å². The lowest BCUT2D eigenvalue weighted by Crippen LogP contribution is -2.44. The van der Waals surface area contributed by atoms with Crippen LogP contribution < -0.4 is 9.47 Å². The number of imide groups is 1. The lowest BCUT2D eigenvalue weighted by Gasteiger charge is -2.29. The zero-order valence-corrected chi connectivity index (χ0v) is 19.8. The van der Waals surface area contributed by atoms with E-state index in [1.54, 1.807) is 35.3 Å². The van der Waals surface area contributed by atoms with E-state index in [-0.39, 0.29) is 17.4 Å². The largest absolute Gasteiger partial charge is 0.490 e. The van der Waals surface area contributed by atoms with Crippen molar-refractivity contribution in [3.05, 3.63) is 76.7 Å². The first-order valence-corrected chi connectivity index (χ1v) is 11.9. The van der Waals surface area contributed by atoms with Crippen LogP contribution in [0.4, 0.5) is 4.79 Å². The Morgan fingerprint density at radius 2 is 1.91 bits per heavy atom. The molecule has 0 aliphatic carbocycles. The predicted octanol–water partition coefficient (Wildman–Crippen LogP) is 4.27. The number of benzene rings is 2. The standard InChI is InChI=1S/C26H26N2O5S/c1-3-13-33-21-10-9-18(14-22(21)32-4-2)15-23-25(30)28(26(31)34-23)17-24(29)27-12-11-19-7-5-6-8-20(19)16-27/h3,5-10,14-15H,1,4,11-13,16-17H2,2H3/b23-15+. The van der Waals surface area contributed by atoms with Crippen LogP contribution in [0.15, 0.2) is 60.0 Å². The molecule has 0 unspecified atom stereocenters. The Balaban J connectivity index is 1.46. The van der Waals surface area contributed by atoms with E-state index in [1.165, 1.54) is 5.56 Å². The van der Waals surface area contributed by atoms with Gasteiger partial charge in [0.15, 0.2) is 11.5 Å². The van der Waals surface area contributed by atoms with Gasteiger partial charge in [-0.15, -0.1) is 0 Å². The molecule has 0 aromatic heterocycles. The minimum Gasteiger partial charge on any atom is -0.490 e. The number of rotatable bonds is 8. The second kappa shape index (κ2) is 10.6. The number of ether oxygens (including phenoxy) is 2. The fourth-order valence-corrected chi connectivity index (χ4v) is 4.72. The Hall–Kier alpha value is -3.52. The smallest absolute Gasteiger partial charge is 0.294 e. The average Bonchev–Trinajstić information content (AvgIpc) is 3.10. The first-order valence-electron chi connectivity index (χ1n) is 11.1. The highest BCUT2D eigenvalue weighted by atomic mass is 32.2. The van der Waals surface area contributed by atoms with Crippen molar-refractivity contribution >= 4 is 34.9 Å². The molecule has 1 saturated heterocycles. The number of carbonyl (C=O) groups excluding carboxylic acids is 3. The third-order valence-corrected chi connectivity index (χ3v) is 6.48. The normalized spacial score (nSPS) is 16.6. The van der Waals surface area contributed by atoms with Gasteiger partial charge in [-0.25, -0.2) is 0 Å². The van der Waals surface area contributed by atoms with Crippen molar-refractivity contribution in [2.24, 2.45) is 0 Å². The molecular weight excluding hydrogens is 452 g/mol. The van der Waals surface area contributed by atoms with Gasteiger partial charge in [-0.1, -0.05) is 43.0 Å². The van der Waals surface area contributed by atoms with E-state index in [4.69, 9.17) is 9.47 Å². The summed E-state index contributed by atoms with van der Waals surface area (Å²) in [5.41, 5.74) is 3.02. The molecule has 4 rings (SSSR count). The van der Waals surface area contributed by atoms with Crippen molar-refractivity contribution in [2.45, 2.75) is 19.9 Å². The topological polar surface area (TPSA) is 76.2 Å². The first-order chi connectivity index (χ1) is 16.5. The average molecular weight is 479 g/mol. The van der Waals surface area contributed by atoms with E-state index in [1.807, 2.05) is 25.1 Å². The third-order valence-electron chi connectivity index (χ3n) is 5.57. The summed E-state index contributed by atoms with van der Waals surface area (Å²) in [6.07, 6.45) is 4.04. The molecule has 176 valence electrons. The molecule has 0 bridgehead atoms. The highest BCUT2D eigenvalue weighted by Crippen LogP contribution is 2.35. The molecule has 2 aliphatic rings. The summed E-state index contributed by atoms with van der Waals surface area (Å²) in [4.78, 5) is 41.3. The van der Waals surface area contributed by atoms with Gasteiger partial charge in [-0.05, 0) is 60.0 Å². The minimum atomic E-state index is -0.467. The molecule has 0 radical (unpaired) electrons. The number of fused-ring (bicyclic) bond motifs is 1. The monoisotopic (exact) mass is 478 g/mol. The number of amides is 3. The summed E-state index contributed by atoms with van der Waals surface area (Å²) < 4.78 is 11.2. The molecule has 1 fully saturated rings. The summed E-state index contributed by atoms with van der Waals surface area (Å²) in [5.74, 6) is 0.407. The predicted molar refractivity (Wildman–Crippen MR) is 132 cm³/mol. The van der Waals surface area contributed by atoms with E-state index >= 15 is 0 Å². The molecule has 2 aromatic rings. The van der Waals surface area contributed by atoms with Crippen LogP contribution in [0.1, 0.15) is 23.6 Å². The third kappa shape index (κ3) is 5.17. The van der Waals surface area contributed by atoms with Crippen LogP contribution in [0.2, 0.25) is 0 Å². The Bertz CT molecular complexity index is 1160. The molecular formula is C26H26N2O5S. The van der Waals surface area contributed by atoms with Crippen LogP contribution in [0.25, 0.3) is 6.08 Å². The Morgan fingerprint density at radius 1 is 1.12 bits per heavy atom. The van der Waals surface area contributed by atoms with E-state index in [9.17, 15) is 14.4 Å². The summed E-state index contributed by atoms with van der Waals surface area (Å²) in [6.45, 7) is 7.10. The fourth-order valence-electron chi connectivity index (χ4n) is 3.88. The van der Waals surface area contributed by atoms with Crippen molar-refractivity contribution in [1.29, 1.82) is 0 Å². The highest BCUT2D eigenvalue weighted by molar-refractivity contribution is 8.18. The molecule has 2 aromatic carbocycles. The van der Waals surface area contributed by atoms with Crippen molar-refractivity contribution < 1.29 is 23.9 Å². The summed E-state index contributed by atoms with van der Waals surface area (Å²) >= 11 is 0.834. The summed E-state index contributed by atoms with van der Waals surface area (Å²) in [5, 5.41) is -0.446. The second-order valence-electron chi connectivity index (χ2n) is 7.84. The van der Waals surface area contributed by atoms with Crippen LogP contribution in [0.5, 0.6) is 11.5 Å². The van der Waals surface area contributed by atoms with Gasteiger partial charge in [0, 0.05) is 13.1 Å². The van der Waals surface area contributed by atoms with E-state index in [0.29, 0.717) is 43.4 Å². The van der Waals surface area contributed by atoms with Gasteiger partial charge in [0.25, 0.3) is 11.1 Å². The van der Waals surface area contributed by atoms with Gasteiger partial charge < -0.3 is 14.4 Å². The van der Waals surface area contributed by atoms with Crippen molar-refractivity contribution in [2.75, 3.05) is 26.3 Å². The zero-order chi connectivity index (χ0) is 24.1. The lowest BCUT2D eigenvalue weighted by atomic mass is 10.00. The minimum absolute atomic E-state index is 0.236. The van der Waals surface area contributed by atoms with Crippen LogP contribution >= 0.6 is 11.8 Å². The second-order valence-corrected chi connectivity index (χ2v) is 8.83. The van der Waals surface area contributed by atoms with Crippen molar-refractivity contribution in [1.82, 2.24) is 9.80 Å². The summed E-state index contributed by atoms with van der Waals surface area (Å²) in [7, 11) is 0. The Labute approximate surface area is 203 Å². The van der Waals surface area contributed by atoms with Gasteiger partial charge in [-0.3, -0.25) is 19.3 Å². The van der Waals surface area contributed by atoms with Gasteiger partial charge >= 0.3 is 0 Å². The van der Waals surface area contributed by atoms with Crippen molar-refractivity contribution in [3.63, 3.8) is 0 Å². The van der Waals surface area contributed by atoms with Gasteiger partial charge in [0.2, 0.25) is 5.91 Å². The molecule has 0 spiro atoms. The molecule has 0 N–H and O–H groups in total. The van der Waals surface area contributed by atoms with Crippen LogP contribution in [-0.4, -0.2) is 53.2 Å². The molecule has 8 heteroatoms. The Morgan fingerprint density at radius 3 is 2.68 bits per heavy atom. The number of hydrogen-bond donors (Lipinski definition) is 0. The maximum absolute atomic E-state index is 12.9. The fraction of sp³-hybridized carbons (Fsp3) is 0.269. The molecule has 0 saturated carbocycles. The van der Waals surface area contributed by atoms with Crippen molar-refractivity contribution in [3.8, 4) is 11.5 Å². The molecule has 2 aliphatic heterocycles. The van der Waals surface area contributed by atoms with Gasteiger partial charge in [0.1, 0.15) is 13.2 Å². The molecule has 2 heterocycles. The Kier molecular flexibility index (Phi) is 7.37. The molecule has 7 nitrogen and oxygen atoms in total. The molecule has 3 amide bonds. The summed E-state index contributed by atoms with van der Waals surface area (Å²) in [6, 6.07) is 13.3. The molecule has 0 atom stereocenters. The van der Waals surface area contributed by atoms with Crippen LogP contribution in [0.3, 0.4) is 0 Å². The van der Waals surface area contributed by atoms with E-state index in [0.717, 1.165) is 28.6 Å². The number of carbonyl (C=O) groups is 3. The van der Waals surface area contributed by atoms with Gasteiger partial charge in [0.05, 0.1) is 11.5 Å². The molecule has 34 heavy (non-hydrogen) atoms. The first kappa shape index (κ1) is 23.6. The maximum Gasteiger partial charge on any atom is 0.294 e. The number of nitrogens with zero attached hydrogens (tertiary/aromatic N) is 2. The lowest BCUT2D eigenvalue weighted by molar-refractivity contribution is -0.136. The number of thioether (sulfide) groups is 1. The van der Waals surface area contributed by atoms with Gasteiger partial charge in [-0.2, -0.15) is 0 Å². The van der Waals surface area contributed by atoms with E-state index < -0.39 is 11.1 Å². The SMILES string of the molecule is C=CCOc1ccc(/C=C2/SC(=O)N(CC(=O)N3CCc4ccccc4C3)C2=O)cc1OCC. The quantitative estimate of drug-likeness (QED) is 0.417.